The molecule has 1 unspecified atom stereocenters. The lowest BCUT2D eigenvalue weighted by molar-refractivity contribution is 0.463. The number of aromatic nitrogens is 4. The second-order valence-electron chi connectivity index (χ2n) is 8.64. The predicted molar refractivity (Wildman–Crippen MR) is 127 cm³/mol. The van der Waals surface area contributed by atoms with Crippen molar-refractivity contribution in [1.82, 2.24) is 25.3 Å². The molecule has 0 aromatic carbocycles. The van der Waals surface area contributed by atoms with Crippen LogP contribution in [-0.4, -0.2) is 45.1 Å². The van der Waals surface area contributed by atoms with Crippen LogP contribution in [0.3, 0.4) is 0 Å². The molecule has 0 amide bonds. The summed E-state index contributed by atoms with van der Waals surface area (Å²) in [4.78, 5) is 19.2. The molecule has 5 N–H and O–H groups in total. The van der Waals surface area contributed by atoms with Gasteiger partial charge in [0.15, 0.2) is 0 Å². The van der Waals surface area contributed by atoms with Crippen molar-refractivity contribution in [3.63, 3.8) is 0 Å². The van der Waals surface area contributed by atoms with Crippen LogP contribution in [0.4, 0.5) is 17.3 Å². The smallest absolute Gasteiger partial charge is 0.139 e. The average Bonchev–Trinajstić information content (AvgIpc) is 3.40. The van der Waals surface area contributed by atoms with Gasteiger partial charge in [0.05, 0.1) is 12.2 Å². The number of aromatic amines is 1. The second kappa shape index (κ2) is 7.80. The van der Waals surface area contributed by atoms with Crippen molar-refractivity contribution < 1.29 is 0 Å². The maximum absolute atomic E-state index is 5.91. The normalized spacial score (nSPS) is 20.1. The number of nitrogens with zero attached hydrogens (tertiary/aromatic N) is 4. The number of nitrogens with two attached hydrogens (primary N) is 1. The Hall–Kier alpha value is -3.65. The zero-order valence-electron chi connectivity index (χ0n) is 17.8. The molecule has 6 heterocycles. The van der Waals surface area contributed by atoms with Crippen molar-refractivity contribution >= 4 is 28.4 Å². The van der Waals surface area contributed by atoms with Crippen LogP contribution in [0.1, 0.15) is 18.5 Å². The molecule has 32 heavy (non-hydrogen) atoms. The summed E-state index contributed by atoms with van der Waals surface area (Å²) >= 11 is 0. The molecule has 0 saturated carbocycles. The molecule has 0 aliphatic carbocycles. The van der Waals surface area contributed by atoms with Gasteiger partial charge in [0.2, 0.25) is 0 Å². The summed E-state index contributed by atoms with van der Waals surface area (Å²) < 4.78 is 0. The largest absolute Gasteiger partial charge is 0.384 e. The van der Waals surface area contributed by atoms with Crippen molar-refractivity contribution in [3.05, 3.63) is 60.7 Å². The van der Waals surface area contributed by atoms with Gasteiger partial charge < -0.3 is 26.3 Å². The number of hydrogen-bond acceptors (Lipinski definition) is 7. The Morgan fingerprint density at radius 2 is 1.91 bits per heavy atom. The number of pyridine rings is 3. The first kappa shape index (κ1) is 19.1. The fourth-order valence-corrected chi connectivity index (χ4v) is 4.96. The quantitative estimate of drug-likeness (QED) is 0.388. The Balaban J connectivity index is 1.26. The van der Waals surface area contributed by atoms with E-state index in [1.54, 1.807) is 6.20 Å². The molecule has 2 aliphatic rings. The summed E-state index contributed by atoms with van der Waals surface area (Å²) in [5.41, 5.74) is 10.8. The Morgan fingerprint density at radius 1 is 1.06 bits per heavy atom. The van der Waals surface area contributed by atoms with Gasteiger partial charge in [-0.2, -0.15) is 0 Å². The number of nitrogens with one attached hydrogen (secondary N) is 3. The van der Waals surface area contributed by atoms with Crippen LogP contribution in [-0.2, 0) is 6.54 Å². The monoisotopic (exact) mass is 426 g/mol. The molecule has 6 rings (SSSR count). The highest BCUT2D eigenvalue weighted by atomic mass is 15.3. The molecule has 8 nitrogen and oxygen atoms in total. The van der Waals surface area contributed by atoms with E-state index in [0.717, 1.165) is 52.4 Å². The summed E-state index contributed by atoms with van der Waals surface area (Å²) in [5.74, 6) is 1.56. The average molecular weight is 427 g/mol. The van der Waals surface area contributed by atoms with Crippen LogP contribution in [0.2, 0.25) is 0 Å². The summed E-state index contributed by atoms with van der Waals surface area (Å²) in [6, 6.07) is 13.3. The number of piperazine rings is 1. The van der Waals surface area contributed by atoms with Gasteiger partial charge in [0.1, 0.15) is 17.3 Å². The van der Waals surface area contributed by atoms with Crippen LogP contribution in [0, 0.1) is 0 Å². The minimum absolute atomic E-state index is 0.498. The number of fused-ring (bicyclic) bond motifs is 3. The molecular weight excluding hydrogens is 400 g/mol. The summed E-state index contributed by atoms with van der Waals surface area (Å²) in [6.07, 6.45) is 8.04. The fourth-order valence-electron chi connectivity index (χ4n) is 4.96. The van der Waals surface area contributed by atoms with Crippen LogP contribution in [0.15, 0.2) is 55.0 Å². The Bertz CT molecular complexity index is 1250. The van der Waals surface area contributed by atoms with E-state index in [9.17, 15) is 0 Å². The molecule has 2 saturated heterocycles. The second-order valence-corrected chi connectivity index (χ2v) is 8.64. The van der Waals surface area contributed by atoms with E-state index in [1.165, 1.54) is 12.8 Å². The summed E-state index contributed by atoms with van der Waals surface area (Å²) in [5, 5.41) is 8.30. The van der Waals surface area contributed by atoms with E-state index in [4.69, 9.17) is 10.7 Å². The first-order valence-corrected chi connectivity index (χ1v) is 11.1. The molecule has 8 heteroatoms. The number of rotatable bonds is 5. The Labute approximate surface area is 186 Å². The van der Waals surface area contributed by atoms with E-state index in [-0.39, 0.29) is 0 Å². The zero-order valence-corrected chi connectivity index (χ0v) is 17.8. The minimum Gasteiger partial charge on any atom is -0.384 e. The van der Waals surface area contributed by atoms with Gasteiger partial charge in [-0.25, -0.2) is 15.0 Å². The third kappa shape index (κ3) is 3.52. The number of nitrogen functional groups attached to an aromatic ring is 1. The molecule has 4 aromatic rings. The van der Waals surface area contributed by atoms with Crippen LogP contribution in [0.25, 0.3) is 22.2 Å². The molecular formula is C24H26N8. The third-order valence-corrected chi connectivity index (χ3v) is 6.46. The highest BCUT2D eigenvalue weighted by Crippen LogP contribution is 2.33. The summed E-state index contributed by atoms with van der Waals surface area (Å²) in [6.45, 7) is 2.70. The first-order chi connectivity index (χ1) is 15.7. The number of H-pyrrole nitrogens is 1. The van der Waals surface area contributed by atoms with Crippen LogP contribution in [0.5, 0.6) is 0 Å². The Morgan fingerprint density at radius 3 is 2.75 bits per heavy atom. The van der Waals surface area contributed by atoms with Gasteiger partial charge in [0.25, 0.3) is 0 Å². The fraction of sp³-hybridized carbons (Fsp3) is 0.292. The zero-order chi connectivity index (χ0) is 21.5. The third-order valence-electron chi connectivity index (χ3n) is 6.46. The number of anilines is 3. The topological polar surface area (TPSA) is 108 Å². The van der Waals surface area contributed by atoms with Gasteiger partial charge in [-0.1, -0.05) is 6.07 Å². The lowest BCUT2D eigenvalue weighted by Gasteiger charge is -2.33. The molecule has 0 spiro atoms. The first-order valence-electron chi connectivity index (χ1n) is 11.1. The molecule has 2 atom stereocenters. The van der Waals surface area contributed by atoms with Crippen LogP contribution < -0.4 is 21.3 Å². The SMILES string of the molecule is Nc1cc(-c2c[nH]c3nccc(NCc4cccc(N5CC6CC[C@@H](C5)N6)n4)c23)ccn1. The van der Waals surface area contributed by atoms with E-state index in [2.05, 4.69) is 48.7 Å². The highest BCUT2D eigenvalue weighted by molar-refractivity contribution is 6.02. The lowest BCUT2D eigenvalue weighted by atomic mass is 10.1. The molecule has 2 fully saturated rings. The van der Waals surface area contributed by atoms with E-state index < -0.39 is 0 Å². The van der Waals surface area contributed by atoms with Crippen molar-refractivity contribution in [2.75, 3.05) is 29.0 Å². The van der Waals surface area contributed by atoms with Gasteiger partial charge >= 0.3 is 0 Å². The maximum Gasteiger partial charge on any atom is 0.139 e. The standard InChI is InChI=1S/C24H26N8/c25-21-10-15(6-8-26-21)19-12-29-24-23(19)20(7-9-27-24)28-11-16-2-1-3-22(31-16)32-13-17-4-5-18(14-32)30-17/h1-3,6-10,12,17-18,30H,4-5,11,13-14H2,(H2,25,26)(H2,27,28,29)/t17-,18?/m0/s1. The minimum atomic E-state index is 0.498. The predicted octanol–water partition coefficient (Wildman–Crippen LogP) is 3.15. The molecule has 0 radical (unpaired) electrons. The van der Waals surface area contributed by atoms with Crippen LogP contribution >= 0.6 is 0 Å². The maximum atomic E-state index is 5.91. The van der Waals surface area contributed by atoms with Gasteiger partial charge in [0, 0.05) is 60.4 Å². The highest BCUT2D eigenvalue weighted by Gasteiger charge is 2.32. The van der Waals surface area contributed by atoms with Crippen molar-refractivity contribution in [2.45, 2.75) is 31.5 Å². The molecule has 4 aromatic heterocycles. The van der Waals surface area contributed by atoms with E-state index in [0.29, 0.717) is 24.4 Å². The van der Waals surface area contributed by atoms with Crippen molar-refractivity contribution in [3.8, 4) is 11.1 Å². The lowest BCUT2D eigenvalue weighted by Crippen LogP contribution is -2.51. The van der Waals surface area contributed by atoms with Gasteiger partial charge in [-0.15, -0.1) is 0 Å². The summed E-state index contributed by atoms with van der Waals surface area (Å²) in [7, 11) is 0. The molecule has 2 bridgehead atoms. The Kier molecular flexibility index (Phi) is 4.65. The van der Waals surface area contributed by atoms with Gasteiger partial charge in [-0.05, 0) is 48.7 Å². The molecule has 2 aliphatic heterocycles. The van der Waals surface area contributed by atoms with Crippen molar-refractivity contribution in [1.29, 1.82) is 0 Å². The van der Waals surface area contributed by atoms with E-state index in [1.807, 2.05) is 30.6 Å². The van der Waals surface area contributed by atoms with Gasteiger partial charge in [-0.3, -0.25) is 0 Å². The number of hydrogen-bond donors (Lipinski definition) is 4. The van der Waals surface area contributed by atoms with E-state index >= 15 is 0 Å². The molecule has 162 valence electrons. The van der Waals surface area contributed by atoms with Crippen molar-refractivity contribution in [2.24, 2.45) is 0 Å².